The van der Waals surface area contributed by atoms with Crippen LogP contribution in [0.2, 0.25) is 5.02 Å². The maximum Gasteiger partial charge on any atom is 0.254 e. The van der Waals surface area contributed by atoms with Gasteiger partial charge in [0.2, 0.25) is 5.75 Å². The van der Waals surface area contributed by atoms with Crippen LogP contribution in [0.1, 0.15) is 11.1 Å². The van der Waals surface area contributed by atoms with Gasteiger partial charge in [-0.2, -0.15) is 5.10 Å². The van der Waals surface area contributed by atoms with Crippen LogP contribution in [0.25, 0.3) is 0 Å². The summed E-state index contributed by atoms with van der Waals surface area (Å²) < 4.78 is 16.1. The predicted octanol–water partition coefficient (Wildman–Crippen LogP) is 2.63. The molecular formula is C23H29ClN4O4. The second-order valence-corrected chi connectivity index (χ2v) is 7.83. The number of hydrazone groups is 1. The number of carbonyl (C=O) groups excluding carboxylic acids is 1. The maximum absolute atomic E-state index is 12.3. The molecule has 0 spiro atoms. The molecule has 1 aliphatic heterocycles. The lowest BCUT2D eigenvalue weighted by Crippen LogP contribution is -2.48. The van der Waals surface area contributed by atoms with Crippen molar-refractivity contribution in [1.29, 1.82) is 0 Å². The fourth-order valence-electron chi connectivity index (χ4n) is 3.59. The van der Waals surface area contributed by atoms with Crippen LogP contribution in [-0.4, -0.2) is 76.0 Å². The highest BCUT2D eigenvalue weighted by atomic mass is 35.5. The number of nitrogens with one attached hydrogen (secondary N) is 1. The number of benzene rings is 2. The first-order valence-electron chi connectivity index (χ1n) is 10.3. The van der Waals surface area contributed by atoms with Crippen LogP contribution in [0.15, 0.2) is 41.5 Å². The van der Waals surface area contributed by atoms with Gasteiger partial charge < -0.3 is 14.2 Å². The van der Waals surface area contributed by atoms with E-state index in [0.29, 0.717) is 29.4 Å². The average Bonchev–Trinajstić information content (AvgIpc) is 2.81. The highest BCUT2D eigenvalue weighted by molar-refractivity contribution is 6.30. The van der Waals surface area contributed by atoms with E-state index >= 15 is 0 Å². The number of hydrogen-bond acceptors (Lipinski definition) is 7. The molecule has 2 aromatic carbocycles. The van der Waals surface area contributed by atoms with Gasteiger partial charge in [0.1, 0.15) is 0 Å². The van der Waals surface area contributed by atoms with Gasteiger partial charge in [0, 0.05) is 43.3 Å². The summed E-state index contributed by atoms with van der Waals surface area (Å²) in [6.45, 7) is 4.65. The number of nitrogens with zero attached hydrogens (tertiary/aromatic N) is 3. The summed E-state index contributed by atoms with van der Waals surface area (Å²) in [6.07, 6.45) is 1.53. The Morgan fingerprint density at radius 1 is 0.969 bits per heavy atom. The van der Waals surface area contributed by atoms with Gasteiger partial charge >= 0.3 is 0 Å². The van der Waals surface area contributed by atoms with Crippen molar-refractivity contribution in [3.05, 3.63) is 52.5 Å². The molecule has 0 aromatic heterocycles. The molecule has 1 aliphatic rings. The van der Waals surface area contributed by atoms with Gasteiger partial charge in [-0.25, -0.2) is 5.43 Å². The van der Waals surface area contributed by atoms with Crippen molar-refractivity contribution < 1.29 is 19.0 Å². The molecule has 1 fully saturated rings. The summed E-state index contributed by atoms with van der Waals surface area (Å²) >= 11 is 5.95. The lowest BCUT2D eigenvalue weighted by atomic mass is 10.2. The second-order valence-electron chi connectivity index (χ2n) is 7.40. The molecule has 0 unspecified atom stereocenters. The number of piperazine rings is 1. The van der Waals surface area contributed by atoms with E-state index in [2.05, 4.69) is 20.3 Å². The minimum atomic E-state index is -0.160. The van der Waals surface area contributed by atoms with Gasteiger partial charge in [0.15, 0.2) is 11.5 Å². The van der Waals surface area contributed by atoms with Crippen molar-refractivity contribution in [2.75, 3.05) is 54.1 Å². The summed E-state index contributed by atoms with van der Waals surface area (Å²) in [4.78, 5) is 16.8. The van der Waals surface area contributed by atoms with Gasteiger partial charge in [-0.3, -0.25) is 14.6 Å². The van der Waals surface area contributed by atoms with E-state index in [9.17, 15) is 4.79 Å². The predicted molar refractivity (Wildman–Crippen MR) is 125 cm³/mol. The quantitative estimate of drug-likeness (QED) is 0.458. The third kappa shape index (κ3) is 6.35. The van der Waals surface area contributed by atoms with Crippen LogP contribution in [-0.2, 0) is 11.3 Å². The van der Waals surface area contributed by atoms with Gasteiger partial charge in [-0.1, -0.05) is 23.7 Å². The van der Waals surface area contributed by atoms with E-state index in [0.717, 1.165) is 37.7 Å². The van der Waals surface area contributed by atoms with Crippen molar-refractivity contribution in [3.8, 4) is 17.2 Å². The van der Waals surface area contributed by atoms with E-state index in [-0.39, 0.29) is 5.91 Å². The molecule has 8 nitrogen and oxygen atoms in total. The number of ether oxygens (including phenoxy) is 3. The summed E-state index contributed by atoms with van der Waals surface area (Å²) in [6, 6.07) is 11.5. The number of rotatable bonds is 9. The van der Waals surface area contributed by atoms with Crippen molar-refractivity contribution in [2.24, 2.45) is 5.10 Å². The molecule has 172 valence electrons. The van der Waals surface area contributed by atoms with E-state index in [4.69, 9.17) is 25.8 Å². The van der Waals surface area contributed by atoms with Gasteiger partial charge in [-0.05, 0) is 29.8 Å². The zero-order chi connectivity index (χ0) is 22.9. The summed E-state index contributed by atoms with van der Waals surface area (Å²) in [5, 5.41) is 4.82. The Labute approximate surface area is 193 Å². The summed E-state index contributed by atoms with van der Waals surface area (Å²) in [7, 11) is 4.64. The van der Waals surface area contributed by atoms with Crippen LogP contribution in [0.3, 0.4) is 0 Å². The SMILES string of the molecule is COc1ccc(/C=N\NC(=O)CN2CCN(Cc3ccc(Cl)cc3)CC2)c(OC)c1OC. The molecule has 0 radical (unpaired) electrons. The van der Waals surface area contributed by atoms with Crippen molar-refractivity contribution in [2.45, 2.75) is 6.54 Å². The van der Waals surface area contributed by atoms with Gasteiger partial charge in [-0.15, -0.1) is 0 Å². The minimum absolute atomic E-state index is 0.160. The monoisotopic (exact) mass is 460 g/mol. The molecule has 0 aliphatic carbocycles. The first-order chi connectivity index (χ1) is 15.5. The smallest absolute Gasteiger partial charge is 0.254 e. The molecule has 2 aromatic rings. The highest BCUT2D eigenvalue weighted by Crippen LogP contribution is 2.38. The number of carbonyl (C=O) groups is 1. The first kappa shape index (κ1) is 23.8. The largest absolute Gasteiger partial charge is 0.493 e. The lowest BCUT2D eigenvalue weighted by Gasteiger charge is -2.34. The first-order valence-corrected chi connectivity index (χ1v) is 10.7. The number of methoxy groups -OCH3 is 3. The Bertz CT molecular complexity index is 928. The molecule has 0 saturated carbocycles. The Kier molecular flexibility index (Phi) is 8.72. The fourth-order valence-corrected chi connectivity index (χ4v) is 3.72. The van der Waals surface area contributed by atoms with Crippen molar-refractivity contribution in [3.63, 3.8) is 0 Å². The third-order valence-corrected chi connectivity index (χ3v) is 5.53. The van der Waals surface area contributed by atoms with E-state index in [1.165, 1.54) is 18.9 Å². The zero-order valence-electron chi connectivity index (χ0n) is 18.6. The lowest BCUT2D eigenvalue weighted by molar-refractivity contribution is -0.122. The number of hydrogen-bond donors (Lipinski definition) is 1. The molecule has 0 atom stereocenters. The van der Waals surface area contributed by atoms with Crippen LogP contribution >= 0.6 is 11.6 Å². The van der Waals surface area contributed by atoms with E-state index in [1.807, 2.05) is 24.3 Å². The molecule has 1 N–H and O–H groups in total. The Hall–Kier alpha value is -2.81. The standard InChI is InChI=1S/C23H29ClN4O4/c1-30-20-9-6-18(22(31-2)23(20)32-3)14-25-26-21(29)16-28-12-10-27(11-13-28)15-17-4-7-19(24)8-5-17/h4-9,14H,10-13,15-16H2,1-3H3,(H,26,29)/b25-14-. The van der Waals surface area contributed by atoms with Crippen molar-refractivity contribution >= 4 is 23.7 Å². The molecule has 0 bridgehead atoms. The number of halogens is 1. The van der Waals surface area contributed by atoms with Crippen LogP contribution < -0.4 is 19.6 Å². The fraction of sp³-hybridized carbons (Fsp3) is 0.391. The topological polar surface area (TPSA) is 75.6 Å². The van der Waals surface area contributed by atoms with Crippen molar-refractivity contribution in [1.82, 2.24) is 15.2 Å². The van der Waals surface area contributed by atoms with E-state index < -0.39 is 0 Å². The summed E-state index contributed by atoms with van der Waals surface area (Å²) in [5.41, 5.74) is 4.49. The molecular weight excluding hydrogens is 432 g/mol. The van der Waals surface area contributed by atoms with Gasteiger partial charge in [0.25, 0.3) is 5.91 Å². The third-order valence-electron chi connectivity index (χ3n) is 5.28. The van der Waals surface area contributed by atoms with Crippen LogP contribution in [0.5, 0.6) is 17.2 Å². The highest BCUT2D eigenvalue weighted by Gasteiger charge is 2.19. The normalized spacial score (nSPS) is 15.0. The Morgan fingerprint density at radius 2 is 1.62 bits per heavy atom. The van der Waals surface area contributed by atoms with Crippen LogP contribution in [0.4, 0.5) is 0 Å². The Morgan fingerprint density at radius 3 is 2.25 bits per heavy atom. The Balaban J connectivity index is 1.46. The molecule has 3 rings (SSSR count). The molecule has 32 heavy (non-hydrogen) atoms. The minimum Gasteiger partial charge on any atom is -0.493 e. The second kappa shape index (κ2) is 11.7. The average molecular weight is 461 g/mol. The van der Waals surface area contributed by atoms with Crippen LogP contribution in [0, 0.1) is 0 Å². The zero-order valence-corrected chi connectivity index (χ0v) is 19.4. The maximum atomic E-state index is 12.3. The molecule has 1 saturated heterocycles. The molecule has 9 heteroatoms. The van der Waals surface area contributed by atoms with E-state index in [1.54, 1.807) is 26.4 Å². The molecule has 1 heterocycles. The summed E-state index contributed by atoms with van der Waals surface area (Å²) in [5.74, 6) is 1.36. The molecule has 1 amide bonds. The van der Waals surface area contributed by atoms with Gasteiger partial charge in [0.05, 0.1) is 34.1 Å². The number of amides is 1.